The summed E-state index contributed by atoms with van der Waals surface area (Å²) in [6, 6.07) is 30.4. The molecule has 0 aliphatic carbocycles. The quantitative estimate of drug-likeness (QED) is 0.435. The number of carbonyl (C=O) groups is 1. The summed E-state index contributed by atoms with van der Waals surface area (Å²) >= 11 is 0. The van der Waals surface area contributed by atoms with Crippen LogP contribution in [0.3, 0.4) is 0 Å². The Kier molecular flexibility index (Phi) is 5.42. The minimum atomic E-state index is 0.183. The van der Waals surface area contributed by atoms with E-state index in [1.807, 2.05) is 42.5 Å². The summed E-state index contributed by atoms with van der Waals surface area (Å²) in [5.41, 5.74) is 3.20. The Morgan fingerprint density at radius 3 is 1.84 bits per heavy atom. The molecule has 2 heteroatoms. The molecule has 3 rings (SSSR count). The van der Waals surface area contributed by atoms with Crippen molar-refractivity contribution in [2.24, 2.45) is 0 Å². The maximum absolute atomic E-state index is 13.0. The lowest BCUT2D eigenvalue weighted by atomic mass is 10.1. The molecule has 0 radical (unpaired) electrons. The van der Waals surface area contributed by atoms with Crippen LogP contribution in [-0.4, -0.2) is 18.9 Å². The smallest absolute Gasteiger partial charge is 0.217 e. The Bertz CT molecular complexity index is 799. The van der Waals surface area contributed by atoms with Crippen LogP contribution in [-0.2, 0) is 6.54 Å². The maximum atomic E-state index is 13.0. The number of Topliss-reactive ketones (excluding diaryl/α,β-unsaturated/α-hetero) is 1. The summed E-state index contributed by atoms with van der Waals surface area (Å²) in [7, 11) is 0. The minimum absolute atomic E-state index is 0.183. The van der Waals surface area contributed by atoms with Gasteiger partial charge in [0.25, 0.3) is 0 Å². The first-order valence-corrected chi connectivity index (χ1v) is 8.77. The van der Waals surface area contributed by atoms with E-state index >= 15 is 0 Å². The van der Waals surface area contributed by atoms with E-state index in [2.05, 4.69) is 55.5 Å². The van der Waals surface area contributed by atoms with Crippen LogP contribution in [0.1, 0.15) is 22.8 Å². The second-order valence-electron chi connectivity index (χ2n) is 6.39. The molecule has 0 aliphatic rings. The van der Waals surface area contributed by atoms with Crippen molar-refractivity contribution in [3.05, 3.63) is 102 Å². The molecule has 1 unspecified atom stereocenters. The van der Waals surface area contributed by atoms with Crippen molar-refractivity contribution in [2.45, 2.75) is 13.5 Å². The number of nitrogens with zero attached hydrogens (tertiary/aromatic N) is 1. The molecule has 0 fully saturated rings. The monoisotopic (exact) mass is 330 g/mol. The highest BCUT2D eigenvalue weighted by atomic mass is 16.1. The van der Waals surface area contributed by atoms with Gasteiger partial charge in [0.15, 0.2) is 0 Å². The van der Waals surface area contributed by atoms with Crippen molar-refractivity contribution in [1.29, 1.82) is 0 Å². The third kappa shape index (κ3) is 4.04. The van der Waals surface area contributed by atoms with Gasteiger partial charge in [-0.25, -0.2) is 0 Å². The molecule has 25 heavy (non-hydrogen) atoms. The molecule has 126 valence electrons. The van der Waals surface area contributed by atoms with Gasteiger partial charge in [0, 0.05) is 11.1 Å². The zero-order chi connectivity index (χ0) is 17.5. The molecule has 1 atom stereocenters. The second-order valence-corrected chi connectivity index (χ2v) is 6.39. The van der Waals surface area contributed by atoms with Crippen molar-refractivity contribution in [2.75, 3.05) is 13.1 Å². The van der Waals surface area contributed by atoms with E-state index in [1.165, 1.54) is 11.3 Å². The molecular weight excluding hydrogens is 306 g/mol. The molecule has 0 N–H and O–H groups in total. The Hall–Kier alpha value is -2.71. The molecule has 3 aromatic carbocycles. The average Bonchev–Trinajstić information content (AvgIpc) is 2.69. The standard InChI is InChI=1S/C23H24NO/c1-2-24(22-16-10-5-11-17-22,18-20-12-6-3-7-13-20)19-23(25)21-14-8-4-9-15-21/h3-17H,2,18-19H2,1H3/q+1. The topological polar surface area (TPSA) is 17.1 Å². The van der Waals surface area contributed by atoms with Gasteiger partial charge in [0.05, 0.1) is 6.54 Å². The summed E-state index contributed by atoms with van der Waals surface area (Å²) in [6.07, 6.45) is 0. The molecule has 3 aromatic rings. The molecule has 0 spiro atoms. The van der Waals surface area contributed by atoms with Gasteiger partial charge in [-0.05, 0) is 19.1 Å². The Morgan fingerprint density at radius 2 is 1.28 bits per heavy atom. The van der Waals surface area contributed by atoms with Gasteiger partial charge in [0.1, 0.15) is 18.8 Å². The summed E-state index contributed by atoms with van der Waals surface area (Å²) in [4.78, 5) is 13.0. The van der Waals surface area contributed by atoms with Crippen LogP contribution in [0, 0.1) is 0 Å². The van der Waals surface area contributed by atoms with Crippen LogP contribution in [0.4, 0.5) is 5.69 Å². The van der Waals surface area contributed by atoms with Gasteiger partial charge in [-0.3, -0.25) is 9.28 Å². The third-order valence-corrected chi connectivity index (χ3v) is 4.78. The van der Waals surface area contributed by atoms with E-state index in [-0.39, 0.29) is 5.78 Å². The normalized spacial score (nSPS) is 13.2. The number of rotatable bonds is 7. The van der Waals surface area contributed by atoms with Crippen molar-refractivity contribution in [1.82, 2.24) is 4.48 Å². The largest absolute Gasteiger partial charge is 0.288 e. The molecule has 0 heterocycles. The average molecular weight is 330 g/mol. The van der Waals surface area contributed by atoms with Crippen LogP contribution in [0.5, 0.6) is 0 Å². The molecule has 2 nitrogen and oxygen atoms in total. The highest BCUT2D eigenvalue weighted by Gasteiger charge is 2.32. The molecule has 0 bridgehead atoms. The van der Waals surface area contributed by atoms with Crippen molar-refractivity contribution < 1.29 is 4.79 Å². The van der Waals surface area contributed by atoms with Crippen LogP contribution in [0.15, 0.2) is 91.0 Å². The molecule has 0 amide bonds. The van der Waals surface area contributed by atoms with Gasteiger partial charge >= 0.3 is 0 Å². The first kappa shape index (κ1) is 17.1. The lowest BCUT2D eigenvalue weighted by Crippen LogP contribution is -2.51. The SMILES string of the molecule is CC[N+](CC(=O)c1ccccc1)(Cc1ccccc1)c1ccccc1. The number of para-hydroxylation sites is 1. The molecule has 0 saturated heterocycles. The van der Waals surface area contributed by atoms with Gasteiger partial charge in [0.2, 0.25) is 5.78 Å². The summed E-state index contributed by atoms with van der Waals surface area (Å²) in [5.74, 6) is 0.183. The van der Waals surface area contributed by atoms with Crippen molar-refractivity contribution in [3.63, 3.8) is 0 Å². The first-order valence-electron chi connectivity index (χ1n) is 8.77. The van der Waals surface area contributed by atoms with E-state index < -0.39 is 0 Å². The highest BCUT2D eigenvalue weighted by Crippen LogP contribution is 2.27. The van der Waals surface area contributed by atoms with Crippen LogP contribution < -0.4 is 4.48 Å². The fourth-order valence-electron chi connectivity index (χ4n) is 3.31. The lowest BCUT2D eigenvalue weighted by Gasteiger charge is -2.37. The van der Waals surface area contributed by atoms with Gasteiger partial charge < -0.3 is 0 Å². The van der Waals surface area contributed by atoms with Gasteiger partial charge in [-0.1, -0.05) is 78.9 Å². The maximum Gasteiger partial charge on any atom is 0.217 e. The Morgan fingerprint density at radius 1 is 0.760 bits per heavy atom. The molecular formula is C23H24NO+. The zero-order valence-corrected chi connectivity index (χ0v) is 14.6. The molecule has 0 aliphatic heterocycles. The zero-order valence-electron chi connectivity index (χ0n) is 14.6. The van der Waals surface area contributed by atoms with E-state index in [0.29, 0.717) is 11.0 Å². The Balaban J connectivity index is 1.97. The van der Waals surface area contributed by atoms with E-state index in [4.69, 9.17) is 0 Å². The number of hydrogen-bond acceptors (Lipinski definition) is 1. The van der Waals surface area contributed by atoms with Gasteiger partial charge in [-0.2, -0.15) is 0 Å². The van der Waals surface area contributed by atoms with Crippen LogP contribution >= 0.6 is 0 Å². The molecule has 0 aromatic heterocycles. The summed E-state index contributed by atoms with van der Waals surface area (Å²) in [5, 5.41) is 0. The predicted octanol–water partition coefficient (Wildman–Crippen LogP) is 5.10. The van der Waals surface area contributed by atoms with E-state index in [9.17, 15) is 4.79 Å². The van der Waals surface area contributed by atoms with Crippen LogP contribution in [0.25, 0.3) is 0 Å². The minimum Gasteiger partial charge on any atom is -0.288 e. The fraction of sp³-hybridized carbons (Fsp3) is 0.174. The number of carbonyl (C=O) groups excluding carboxylic acids is 1. The van der Waals surface area contributed by atoms with Crippen molar-refractivity contribution in [3.8, 4) is 0 Å². The number of ketones is 1. The summed E-state index contributed by atoms with van der Waals surface area (Å²) < 4.78 is 0.624. The van der Waals surface area contributed by atoms with E-state index in [1.54, 1.807) is 0 Å². The third-order valence-electron chi connectivity index (χ3n) is 4.78. The van der Waals surface area contributed by atoms with Crippen molar-refractivity contribution >= 4 is 11.5 Å². The van der Waals surface area contributed by atoms with Gasteiger partial charge in [-0.15, -0.1) is 0 Å². The Labute approximate surface area is 150 Å². The highest BCUT2D eigenvalue weighted by molar-refractivity contribution is 5.98. The number of likely N-dealkylation sites (N-methyl/N-ethyl adjacent to an activating group) is 1. The number of quaternary nitrogens is 1. The summed E-state index contributed by atoms with van der Waals surface area (Å²) in [6.45, 7) is 4.28. The number of benzene rings is 3. The first-order chi connectivity index (χ1) is 12.2. The molecule has 0 saturated carbocycles. The number of hydrogen-bond donors (Lipinski definition) is 0. The van der Waals surface area contributed by atoms with E-state index in [0.717, 1.165) is 18.7 Å². The lowest BCUT2D eigenvalue weighted by molar-refractivity contribution is 0.0932. The predicted molar refractivity (Wildman–Crippen MR) is 105 cm³/mol. The second kappa shape index (κ2) is 7.91. The van der Waals surface area contributed by atoms with Crippen LogP contribution in [0.2, 0.25) is 0 Å². The fourth-order valence-corrected chi connectivity index (χ4v) is 3.31.